The highest BCUT2D eigenvalue weighted by molar-refractivity contribution is 8.09. The number of halogens is 1. The average molecular weight is 379 g/mol. The number of hydrogen-bond donors (Lipinski definition) is 0. The van der Waals surface area contributed by atoms with Gasteiger partial charge >= 0.3 is 0 Å². The Bertz CT molecular complexity index is 1110. The van der Waals surface area contributed by atoms with Crippen LogP contribution in [0.4, 0.5) is 0 Å². The van der Waals surface area contributed by atoms with E-state index in [9.17, 15) is 8.42 Å². The van der Waals surface area contributed by atoms with Gasteiger partial charge in [0.25, 0.3) is 0 Å². The molecule has 0 fully saturated rings. The summed E-state index contributed by atoms with van der Waals surface area (Å²) in [6.45, 7) is 0. The van der Waals surface area contributed by atoms with Crippen molar-refractivity contribution in [1.82, 2.24) is 0 Å². The normalized spacial score (nSPS) is 15.8. The topological polar surface area (TPSA) is 34.1 Å². The molecule has 0 radical (unpaired) electrons. The van der Waals surface area contributed by atoms with Crippen molar-refractivity contribution < 1.29 is 8.42 Å². The first-order valence-electron chi connectivity index (χ1n) is 8.15. The largest absolute Gasteiger partial charge is 0.218 e. The molecule has 0 amide bonds. The predicted octanol–water partition coefficient (Wildman–Crippen LogP) is 5.68. The van der Waals surface area contributed by atoms with Crippen molar-refractivity contribution in [2.45, 2.75) is 0 Å². The molecule has 4 rings (SSSR count). The van der Waals surface area contributed by atoms with Gasteiger partial charge in [-0.2, -0.15) is 0 Å². The summed E-state index contributed by atoms with van der Waals surface area (Å²) >= 11 is 5.96. The van der Waals surface area contributed by atoms with Gasteiger partial charge < -0.3 is 0 Å². The van der Waals surface area contributed by atoms with E-state index in [2.05, 4.69) is 0 Å². The fourth-order valence-corrected chi connectivity index (χ4v) is 5.09. The van der Waals surface area contributed by atoms with Gasteiger partial charge in [0.15, 0.2) is 0 Å². The van der Waals surface area contributed by atoms with Gasteiger partial charge in [-0.1, -0.05) is 84.4 Å². The van der Waals surface area contributed by atoms with E-state index in [1.807, 2.05) is 60.7 Å². The molecule has 1 aliphatic rings. The first-order chi connectivity index (χ1) is 12.6. The highest BCUT2D eigenvalue weighted by Crippen LogP contribution is 2.45. The Morgan fingerprint density at radius 2 is 1.15 bits per heavy atom. The summed E-state index contributed by atoms with van der Waals surface area (Å²) in [6, 6.07) is 25.7. The minimum absolute atomic E-state index is 0.298. The molecule has 128 valence electrons. The Hall–Kier alpha value is -2.62. The molecule has 0 saturated heterocycles. The Morgan fingerprint density at radius 1 is 0.615 bits per heavy atom. The van der Waals surface area contributed by atoms with Crippen molar-refractivity contribution in [1.29, 1.82) is 0 Å². The second kappa shape index (κ2) is 6.60. The van der Waals surface area contributed by atoms with Crippen LogP contribution in [0.1, 0.15) is 16.7 Å². The van der Waals surface area contributed by atoms with Gasteiger partial charge in [-0.25, -0.2) is 8.42 Å². The number of hydrogen-bond acceptors (Lipinski definition) is 2. The van der Waals surface area contributed by atoms with Gasteiger partial charge in [-0.3, -0.25) is 0 Å². The van der Waals surface area contributed by atoms with Crippen LogP contribution in [-0.4, -0.2) is 8.42 Å². The lowest BCUT2D eigenvalue weighted by atomic mass is 10.0. The lowest BCUT2D eigenvalue weighted by Crippen LogP contribution is -2.03. The van der Waals surface area contributed by atoms with Crippen LogP contribution in [0.25, 0.3) is 15.4 Å². The third-order valence-electron chi connectivity index (χ3n) is 4.33. The van der Waals surface area contributed by atoms with Gasteiger partial charge in [-0.05, 0) is 34.9 Å². The SMILES string of the molecule is O=S1(=O)C(c2ccc(Cl)cc2)=CC(c2ccccc2)=C1c1ccccc1. The van der Waals surface area contributed by atoms with Crippen LogP contribution >= 0.6 is 11.6 Å². The zero-order valence-electron chi connectivity index (χ0n) is 13.8. The summed E-state index contributed by atoms with van der Waals surface area (Å²) in [5.41, 5.74) is 2.90. The van der Waals surface area contributed by atoms with Crippen LogP contribution in [0.15, 0.2) is 91.0 Å². The Kier molecular flexibility index (Phi) is 4.27. The molecule has 0 aliphatic carbocycles. The molecule has 3 aromatic carbocycles. The number of benzene rings is 3. The first kappa shape index (κ1) is 16.8. The van der Waals surface area contributed by atoms with Crippen LogP contribution < -0.4 is 0 Å². The van der Waals surface area contributed by atoms with Gasteiger partial charge in [0.05, 0.1) is 9.81 Å². The van der Waals surface area contributed by atoms with Crippen molar-refractivity contribution >= 4 is 36.8 Å². The Balaban J connectivity index is 1.96. The third-order valence-corrected chi connectivity index (χ3v) is 6.51. The third kappa shape index (κ3) is 2.90. The highest BCUT2D eigenvalue weighted by Gasteiger charge is 2.34. The van der Waals surface area contributed by atoms with Gasteiger partial charge in [0.1, 0.15) is 0 Å². The van der Waals surface area contributed by atoms with E-state index in [-0.39, 0.29) is 0 Å². The molecule has 0 spiro atoms. The van der Waals surface area contributed by atoms with Crippen molar-refractivity contribution in [2.24, 2.45) is 0 Å². The molecule has 4 heteroatoms. The summed E-state index contributed by atoms with van der Waals surface area (Å²) in [5, 5.41) is 0.573. The fourth-order valence-electron chi connectivity index (χ4n) is 3.11. The molecule has 0 N–H and O–H groups in total. The van der Waals surface area contributed by atoms with Crippen molar-refractivity contribution in [3.05, 3.63) is 113 Å². The van der Waals surface area contributed by atoms with E-state index >= 15 is 0 Å². The van der Waals surface area contributed by atoms with Crippen LogP contribution in [0.3, 0.4) is 0 Å². The van der Waals surface area contributed by atoms with E-state index in [0.29, 0.717) is 31.5 Å². The zero-order valence-corrected chi connectivity index (χ0v) is 15.3. The van der Waals surface area contributed by atoms with Gasteiger partial charge in [-0.15, -0.1) is 0 Å². The second-order valence-corrected chi connectivity index (χ2v) is 8.29. The summed E-state index contributed by atoms with van der Waals surface area (Å²) in [6.07, 6.45) is 1.76. The molecule has 0 aromatic heterocycles. The average Bonchev–Trinajstić information content (AvgIpc) is 2.95. The molecule has 26 heavy (non-hydrogen) atoms. The van der Waals surface area contributed by atoms with Gasteiger partial charge in [0.2, 0.25) is 9.84 Å². The zero-order chi connectivity index (χ0) is 18.1. The molecule has 1 heterocycles. The smallest absolute Gasteiger partial charge is 0.208 e. The maximum Gasteiger partial charge on any atom is 0.208 e. The molecular formula is C22H15ClO2S. The minimum Gasteiger partial charge on any atom is -0.218 e. The van der Waals surface area contributed by atoms with Gasteiger partial charge in [0, 0.05) is 10.6 Å². The number of allylic oxidation sites excluding steroid dienone is 2. The summed E-state index contributed by atoms with van der Waals surface area (Å²) in [7, 11) is -3.65. The highest BCUT2D eigenvalue weighted by atomic mass is 35.5. The Morgan fingerprint density at radius 3 is 1.73 bits per heavy atom. The molecule has 0 unspecified atom stereocenters. The molecule has 3 aromatic rings. The maximum absolute atomic E-state index is 13.4. The summed E-state index contributed by atoms with van der Waals surface area (Å²) in [4.78, 5) is 0.640. The van der Waals surface area contributed by atoms with Crippen LogP contribution in [0.5, 0.6) is 0 Å². The van der Waals surface area contributed by atoms with Crippen molar-refractivity contribution in [3.63, 3.8) is 0 Å². The van der Waals surface area contributed by atoms with E-state index in [0.717, 1.165) is 5.56 Å². The van der Waals surface area contributed by atoms with Crippen molar-refractivity contribution in [2.75, 3.05) is 0 Å². The molecular weight excluding hydrogens is 364 g/mol. The maximum atomic E-state index is 13.4. The van der Waals surface area contributed by atoms with E-state index in [1.165, 1.54) is 0 Å². The summed E-state index contributed by atoms with van der Waals surface area (Å²) in [5.74, 6) is 0. The molecule has 2 nitrogen and oxygen atoms in total. The van der Waals surface area contributed by atoms with E-state index in [1.54, 1.807) is 30.3 Å². The van der Waals surface area contributed by atoms with Crippen LogP contribution in [-0.2, 0) is 9.84 Å². The molecule has 1 aliphatic heterocycles. The van der Waals surface area contributed by atoms with Crippen LogP contribution in [0.2, 0.25) is 5.02 Å². The summed E-state index contributed by atoms with van der Waals surface area (Å²) < 4.78 is 26.8. The fraction of sp³-hybridized carbons (Fsp3) is 0. The lowest BCUT2D eigenvalue weighted by molar-refractivity contribution is 0.615. The van der Waals surface area contributed by atoms with E-state index < -0.39 is 9.84 Å². The standard InChI is InChI=1S/C22H15ClO2S/c23-19-13-11-17(12-14-19)21-15-20(16-7-3-1-4-8-16)22(26(21,24)25)18-9-5-2-6-10-18/h1-15H. The molecule has 0 atom stereocenters. The quantitative estimate of drug-likeness (QED) is 0.587. The molecule has 0 saturated carbocycles. The number of rotatable bonds is 3. The Labute approximate surface area is 158 Å². The monoisotopic (exact) mass is 378 g/mol. The van der Waals surface area contributed by atoms with E-state index in [4.69, 9.17) is 11.6 Å². The minimum atomic E-state index is -3.65. The molecule has 0 bridgehead atoms. The lowest BCUT2D eigenvalue weighted by Gasteiger charge is -2.09. The predicted molar refractivity (Wildman–Crippen MR) is 108 cm³/mol. The van der Waals surface area contributed by atoms with Crippen molar-refractivity contribution in [3.8, 4) is 0 Å². The second-order valence-electron chi connectivity index (χ2n) is 5.99. The first-order valence-corrected chi connectivity index (χ1v) is 10.0. The van der Waals surface area contributed by atoms with Crippen LogP contribution in [0, 0.1) is 0 Å². The number of sulfone groups is 1.